The summed E-state index contributed by atoms with van der Waals surface area (Å²) < 4.78 is 11.2. The highest BCUT2D eigenvalue weighted by Crippen LogP contribution is 2.45. The lowest BCUT2D eigenvalue weighted by Gasteiger charge is -2.49. The number of anilines is 1. The molecule has 378 valence electrons. The molecule has 0 bridgehead atoms. The Kier molecular flexibility index (Phi) is 14.5. The molecule has 2 fully saturated rings. The molecule has 7 aromatic carbocycles. The van der Waals surface area contributed by atoms with E-state index in [2.05, 4.69) is 53.1 Å². The number of rotatable bonds is 19. The molecule has 2 atom stereocenters. The van der Waals surface area contributed by atoms with E-state index in [-0.39, 0.29) is 23.7 Å². The van der Waals surface area contributed by atoms with E-state index in [4.69, 9.17) is 24.5 Å². The lowest BCUT2D eigenvalue weighted by atomic mass is 9.77. The molecule has 2 amide bonds. The molecule has 76 heavy (non-hydrogen) atoms. The minimum absolute atomic E-state index is 0.00410. The zero-order chi connectivity index (χ0) is 51.9. The Bertz CT molecular complexity index is 3220. The van der Waals surface area contributed by atoms with E-state index in [0.29, 0.717) is 28.1 Å². The summed E-state index contributed by atoms with van der Waals surface area (Å²) in [6.45, 7) is -0.00410. The third kappa shape index (κ3) is 9.94. The SMILES string of the molecule is COc1ccc(COC(=O)C2=C(/C=C\C3CC3)CS[C@@H]3[C@H](NC(=O)/C(=N/OC(c4ccccc4)(c4ccccc4)c4ccccc4)c4csc(NC(c5ccccc5)(c5ccccc5)c5ccccc5)n4)C(=O)N23)cc1. The predicted molar refractivity (Wildman–Crippen MR) is 298 cm³/mol. The molecular formula is C63H53N5O6S2. The van der Waals surface area contributed by atoms with Gasteiger partial charge in [0.15, 0.2) is 10.8 Å². The topological polar surface area (TPSA) is 131 Å². The van der Waals surface area contributed by atoms with Gasteiger partial charge < -0.3 is 24.9 Å². The van der Waals surface area contributed by atoms with Crippen molar-refractivity contribution in [3.63, 3.8) is 0 Å². The average molecular weight is 1040 g/mol. The van der Waals surface area contributed by atoms with Crippen LogP contribution in [0.1, 0.15) is 57.5 Å². The van der Waals surface area contributed by atoms with Crippen molar-refractivity contribution in [2.24, 2.45) is 11.1 Å². The number of nitrogens with zero attached hydrogens (tertiary/aromatic N) is 3. The van der Waals surface area contributed by atoms with Gasteiger partial charge in [-0.25, -0.2) is 9.78 Å². The monoisotopic (exact) mass is 1040 g/mol. The number of β-lactam (4-membered cyclic amide) rings is 1. The molecule has 11 rings (SSSR count). The van der Waals surface area contributed by atoms with Crippen LogP contribution in [0.25, 0.3) is 0 Å². The molecule has 1 saturated carbocycles. The molecule has 0 spiro atoms. The number of fused-ring (bicyclic) bond motifs is 1. The Morgan fingerprint density at radius 3 is 1.68 bits per heavy atom. The van der Waals surface area contributed by atoms with Crippen LogP contribution < -0.4 is 15.4 Å². The first-order chi connectivity index (χ1) is 37.4. The number of thioether (sulfide) groups is 1. The number of methoxy groups -OCH3 is 1. The van der Waals surface area contributed by atoms with Crippen LogP contribution in [-0.4, -0.2) is 57.7 Å². The number of esters is 1. The number of benzene rings is 7. The molecule has 3 heterocycles. The van der Waals surface area contributed by atoms with Gasteiger partial charge >= 0.3 is 5.97 Å². The Hall–Kier alpha value is -8.52. The predicted octanol–water partition coefficient (Wildman–Crippen LogP) is 11.6. The number of allylic oxidation sites excluding steroid dienone is 2. The fourth-order valence-corrected chi connectivity index (χ4v) is 11.9. The number of carbonyl (C=O) groups is 3. The van der Waals surface area contributed by atoms with Gasteiger partial charge in [0.05, 0.1) is 7.11 Å². The van der Waals surface area contributed by atoms with Crippen molar-refractivity contribution in [3.8, 4) is 5.75 Å². The largest absolute Gasteiger partial charge is 0.497 e. The standard InChI is InChI=1S/C63H53N5O6S2/c1-72-52-38-35-44(36-39-52)40-73-60(71)56-45(37-34-43-32-33-43)41-75-59-55(58(70)68(56)59)65-57(69)54(67-74-63(49-26-14-5-15-27-49,50-28-16-6-17-29-50)51-30-18-7-19-31-51)53-42-76-61(64-53)66-62(46-20-8-2-9-21-46,47-22-10-3-11-23-47)48-24-12-4-13-25-48/h2-31,34-39,42-43,55,59H,32-33,40-41H2,1H3,(H,64,66)(H,65,69)/b37-34-,67-54+/t55-,59-/m1/s1. The molecular weight excluding hydrogens is 987 g/mol. The average Bonchev–Trinajstić information content (AvgIpc) is 4.30. The summed E-state index contributed by atoms with van der Waals surface area (Å²) >= 11 is 2.79. The molecule has 1 aromatic heterocycles. The van der Waals surface area contributed by atoms with E-state index in [1.54, 1.807) is 24.6 Å². The minimum atomic E-state index is -1.35. The van der Waals surface area contributed by atoms with Crippen molar-refractivity contribution in [2.45, 2.75) is 42.0 Å². The van der Waals surface area contributed by atoms with Crippen LogP contribution in [0.3, 0.4) is 0 Å². The fourth-order valence-electron chi connectivity index (χ4n) is 9.83. The normalized spacial score (nSPS) is 16.6. The molecule has 13 heteroatoms. The number of thiazole rings is 1. The maximum atomic E-state index is 15.3. The first-order valence-corrected chi connectivity index (χ1v) is 27.1. The maximum Gasteiger partial charge on any atom is 0.355 e. The first kappa shape index (κ1) is 49.7. The molecule has 8 aromatic rings. The smallest absolute Gasteiger partial charge is 0.355 e. The Morgan fingerprint density at radius 1 is 0.697 bits per heavy atom. The van der Waals surface area contributed by atoms with E-state index < -0.39 is 40.3 Å². The quantitative estimate of drug-likeness (QED) is 0.0267. The highest BCUT2D eigenvalue weighted by molar-refractivity contribution is 8.00. The van der Waals surface area contributed by atoms with Crippen molar-refractivity contribution in [3.05, 3.63) is 280 Å². The van der Waals surface area contributed by atoms with Gasteiger partial charge in [-0.2, -0.15) is 0 Å². The van der Waals surface area contributed by atoms with Gasteiger partial charge in [-0.1, -0.05) is 211 Å². The molecule has 0 unspecified atom stereocenters. The third-order valence-electron chi connectivity index (χ3n) is 13.9. The lowest BCUT2D eigenvalue weighted by Crippen LogP contribution is -2.71. The van der Waals surface area contributed by atoms with Gasteiger partial charge in [-0.15, -0.1) is 23.1 Å². The number of hydrogen-bond acceptors (Lipinski definition) is 11. The van der Waals surface area contributed by atoms with E-state index in [0.717, 1.165) is 51.8 Å². The number of hydrogen-bond donors (Lipinski definition) is 2. The van der Waals surface area contributed by atoms with E-state index in [1.807, 2.05) is 164 Å². The zero-order valence-electron chi connectivity index (χ0n) is 41.5. The Labute approximate surface area is 450 Å². The fraction of sp³-hybridized carbons (Fsp3) is 0.159. The van der Waals surface area contributed by atoms with Crippen LogP contribution >= 0.6 is 23.1 Å². The summed E-state index contributed by atoms with van der Waals surface area (Å²) in [5, 5.41) is 13.4. The molecule has 1 saturated heterocycles. The summed E-state index contributed by atoms with van der Waals surface area (Å²) in [5.41, 5.74) is 4.63. The van der Waals surface area contributed by atoms with Crippen molar-refractivity contribution in [1.82, 2.24) is 15.2 Å². The van der Waals surface area contributed by atoms with E-state index >= 15 is 4.79 Å². The second-order valence-corrected chi connectivity index (χ2v) is 20.6. The van der Waals surface area contributed by atoms with Crippen LogP contribution in [-0.2, 0) is 41.7 Å². The number of oxime groups is 1. The van der Waals surface area contributed by atoms with Crippen LogP contribution in [0.15, 0.2) is 240 Å². The lowest BCUT2D eigenvalue weighted by molar-refractivity contribution is -0.153. The molecule has 2 N–H and O–H groups in total. The molecule has 3 aliphatic rings. The highest BCUT2D eigenvalue weighted by atomic mass is 32.2. The van der Waals surface area contributed by atoms with Gasteiger partial charge in [-0.05, 0) is 58.7 Å². The van der Waals surface area contributed by atoms with Crippen LogP contribution in [0, 0.1) is 5.92 Å². The van der Waals surface area contributed by atoms with Gasteiger partial charge in [0, 0.05) is 27.8 Å². The van der Waals surface area contributed by atoms with Crippen molar-refractivity contribution >= 4 is 51.7 Å². The Balaban J connectivity index is 0.975. The van der Waals surface area contributed by atoms with Crippen molar-refractivity contribution in [1.29, 1.82) is 0 Å². The number of amides is 2. The summed E-state index contributed by atoms with van der Waals surface area (Å²) in [6, 6.07) is 66.1. The molecule has 11 nitrogen and oxygen atoms in total. The number of carbonyl (C=O) groups excluding carboxylic acids is 3. The highest BCUT2D eigenvalue weighted by Gasteiger charge is 2.55. The molecule has 0 radical (unpaired) electrons. The zero-order valence-corrected chi connectivity index (χ0v) is 43.2. The van der Waals surface area contributed by atoms with Crippen LogP contribution in [0.4, 0.5) is 5.13 Å². The second-order valence-electron chi connectivity index (χ2n) is 18.7. The summed E-state index contributed by atoms with van der Waals surface area (Å²) in [4.78, 5) is 57.7. The maximum absolute atomic E-state index is 15.3. The minimum Gasteiger partial charge on any atom is -0.497 e. The van der Waals surface area contributed by atoms with Gasteiger partial charge in [0.2, 0.25) is 5.60 Å². The van der Waals surface area contributed by atoms with Gasteiger partial charge in [-0.3, -0.25) is 14.5 Å². The third-order valence-corrected chi connectivity index (χ3v) is 15.9. The summed E-state index contributed by atoms with van der Waals surface area (Å²) in [5.74, 6) is -0.228. The number of aromatic nitrogens is 1. The van der Waals surface area contributed by atoms with Crippen molar-refractivity contribution < 1.29 is 28.7 Å². The Morgan fingerprint density at radius 2 is 1.20 bits per heavy atom. The molecule has 2 aliphatic heterocycles. The van der Waals surface area contributed by atoms with Gasteiger partial charge in [0.25, 0.3) is 11.8 Å². The number of ether oxygens (including phenoxy) is 2. The van der Waals surface area contributed by atoms with Crippen LogP contribution in [0.5, 0.6) is 5.75 Å². The van der Waals surface area contributed by atoms with Crippen molar-refractivity contribution in [2.75, 3.05) is 18.2 Å². The number of nitrogens with one attached hydrogen (secondary N) is 2. The first-order valence-electron chi connectivity index (χ1n) is 25.2. The van der Waals surface area contributed by atoms with E-state index in [9.17, 15) is 9.59 Å². The summed E-state index contributed by atoms with van der Waals surface area (Å²) in [6.07, 6.45) is 6.20. The summed E-state index contributed by atoms with van der Waals surface area (Å²) in [7, 11) is 1.59. The second kappa shape index (κ2) is 22.1. The van der Waals surface area contributed by atoms with Gasteiger partial charge in [0.1, 0.15) is 40.7 Å². The molecule has 1 aliphatic carbocycles. The van der Waals surface area contributed by atoms with E-state index in [1.165, 1.54) is 28.0 Å². The van der Waals surface area contributed by atoms with Crippen LogP contribution in [0.2, 0.25) is 0 Å².